The van der Waals surface area contributed by atoms with Crippen molar-refractivity contribution in [2.45, 2.75) is 24.9 Å². The zero-order chi connectivity index (χ0) is 12.0. The van der Waals surface area contributed by atoms with Gasteiger partial charge in [0.15, 0.2) is 0 Å². The first-order valence-electron chi connectivity index (χ1n) is 6.27. The fourth-order valence-corrected chi connectivity index (χ4v) is 3.26. The van der Waals surface area contributed by atoms with E-state index in [2.05, 4.69) is 22.9 Å². The highest BCUT2D eigenvalue weighted by molar-refractivity contribution is 5.70. The average Bonchev–Trinajstić information content (AvgIpc) is 2.55. The number of hydrogen-bond donors (Lipinski definition) is 2. The Morgan fingerprint density at radius 2 is 1.71 bits per heavy atom. The monoisotopic (exact) mass is 232 g/mol. The maximum absolute atomic E-state index is 5.90. The van der Waals surface area contributed by atoms with Gasteiger partial charge in [0, 0.05) is 30.9 Å². The minimum Gasteiger partial charge on any atom is -0.397 e. The fourth-order valence-electron chi connectivity index (χ4n) is 3.26. The van der Waals surface area contributed by atoms with Crippen molar-refractivity contribution in [1.82, 2.24) is 4.90 Å². The lowest BCUT2D eigenvalue weighted by Crippen LogP contribution is -2.52. The second-order valence-electron chi connectivity index (χ2n) is 5.33. The van der Waals surface area contributed by atoms with Crippen LogP contribution in [0.4, 0.5) is 17.1 Å². The Labute approximate surface area is 102 Å². The van der Waals surface area contributed by atoms with Crippen molar-refractivity contribution >= 4 is 17.1 Å². The summed E-state index contributed by atoms with van der Waals surface area (Å²) in [5.74, 6) is 0. The quantitative estimate of drug-likeness (QED) is 0.713. The SMILES string of the molecule is CN1CC2CCC(C1)N2c1ccc(N)c(N)c1. The van der Waals surface area contributed by atoms with Gasteiger partial charge in [-0.3, -0.25) is 0 Å². The Hall–Kier alpha value is -1.42. The summed E-state index contributed by atoms with van der Waals surface area (Å²) in [6.45, 7) is 2.31. The standard InChI is InChI=1S/C13H20N4/c1-16-7-10-2-3-11(8-16)17(10)9-4-5-12(14)13(15)6-9/h4-6,10-11H,2-3,7-8,14-15H2,1H3. The highest BCUT2D eigenvalue weighted by Crippen LogP contribution is 2.36. The van der Waals surface area contributed by atoms with Crippen LogP contribution in [-0.2, 0) is 0 Å². The number of nitrogens with zero attached hydrogens (tertiary/aromatic N) is 2. The van der Waals surface area contributed by atoms with E-state index in [9.17, 15) is 0 Å². The number of likely N-dealkylation sites (tertiary alicyclic amines) is 1. The highest BCUT2D eigenvalue weighted by atomic mass is 15.3. The van der Waals surface area contributed by atoms with Crippen LogP contribution in [0.1, 0.15) is 12.8 Å². The minimum absolute atomic E-state index is 0.641. The molecule has 0 saturated carbocycles. The topological polar surface area (TPSA) is 58.5 Å². The van der Waals surface area contributed by atoms with Gasteiger partial charge >= 0.3 is 0 Å². The van der Waals surface area contributed by atoms with E-state index in [0.717, 1.165) is 13.1 Å². The normalized spacial score (nSPS) is 28.6. The largest absolute Gasteiger partial charge is 0.397 e. The van der Waals surface area contributed by atoms with Gasteiger partial charge in [-0.15, -0.1) is 0 Å². The molecule has 0 aromatic heterocycles. The summed E-state index contributed by atoms with van der Waals surface area (Å²) in [7, 11) is 2.21. The number of hydrogen-bond acceptors (Lipinski definition) is 4. The Bertz CT molecular complexity index is 417. The molecule has 3 rings (SSSR count). The molecule has 4 nitrogen and oxygen atoms in total. The van der Waals surface area contributed by atoms with E-state index in [4.69, 9.17) is 11.5 Å². The maximum Gasteiger partial charge on any atom is 0.0568 e. The fraction of sp³-hybridized carbons (Fsp3) is 0.538. The lowest BCUT2D eigenvalue weighted by Gasteiger charge is -2.41. The summed E-state index contributed by atoms with van der Waals surface area (Å²) in [5.41, 5.74) is 14.3. The van der Waals surface area contributed by atoms with Crippen LogP contribution in [0.15, 0.2) is 18.2 Å². The lowest BCUT2D eigenvalue weighted by molar-refractivity contribution is 0.265. The number of nitrogen functional groups attached to an aromatic ring is 2. The van der Waals surface area contributed by atoms with E-state index < -0.39 is 0 Å². The Kier molecular flexibility index (Phi) is 2.40. The van der Waals surface area contributed by atoms with Gasteiger partial charge in [-0.2, -0.15) is 0 Å². The van der Waals surface area contributed by atoms with Gasteiger partial charge in [-0.05, 0) is 38.1 Å². The Morgan fingerprint density at radius 3 is 2.29 bits per heavy atom. The molecule has 2 bridgehead atoms. The summed E-state index contributed by atoms with van der Waals surface area (Å²) in [6.07, 6.45) is 2.58. The van der Waals surface area contributed by atoms with E-state index in [1.807, 2.05) is 12.1 Å². The van der Waals surface area contributed by atoms with Gasteiger partial charge in [0.05, 0.1) is 11.4 Å². The molecule has 4 heteroatoms. The van der Waals surface area contributed by atoms with Gasteiger partial charge in [0.25, 0.3) is 0 Å². The first kappa shape index (κ1) is 10.7. The first-order valence-corrected chi connectivity index (χ1v) is 6.27. The van der Waals surface area contributed by atoms with Crippen LogP contribution in [0.5, 0.6) is 0 Å². The molecule has 1 aromatic carbocycles. The molecule has 2 atom stereocenters. The smallest absolute Gasteiger partial charge is 0.0568 e. The molecule has 2 fully saturated rings. The van der Waals surface area contributed by atoms with Crippen LogP contribution >= 0.6 is 0 Å². The van der Waals surface area contributed by atoms with Crippen LogP contribution in [0, 0.1) is 0 Å². The third kappa shape index (κ3) is 1.72. The molecule has 0 radical (unpaired) electrons. The molecule has 4 N–H and O–H groups in total. The molecular formula is C13H20N4. The van der Waals surface area contributed by atoms with Gasteiger partial charge in [-0.1, -0.05) is 0 Å². The van der Waals surface area contributed by atoms with E-state index in [-0.39, 0.29) is 0 Å². The van der Waals surface area contributed by atoms with Crippen molar-refractivity contribution < 1.29 is 0 Å². The molecule has 0 amide bonds. The Balaban J connectivity index is 1.92. The van der Waals surface area contributed by atoms with Gasteiger partial charge in [-0.25, -0.2) is 0 Å². The summed E-state index contributed by atoms with van der Waals surface area (Å²) in [4.78, 5) is 4.97. The van der Waals surface area contributed by atoms with Gasteiger partial charge < -0.3 is 21.3 Å². The van der Waals surface area contributed by atoms with Crippen LogP contribution in [-0.4, -0.2) is 37.1 Å². The summed E-state index contributed by atoms with van der Waals surface area (Å²) in [6, 6.07) is 7.32. The van der Waals surface area contributed by atoms with Crippen molar-refractivity contribution in [3.63, 3.8) is 0 Å². The highest BCUT2D eigenvalue weighted by Gasteiger charge is 2.38. The summed E-state index contributed by atoms with van der Waals surface area (Å²) >= 11 is 0. The lowest BCUT2D eigenvalue weighted by atomic mass is 10.1. The number of rotatable bonds is 1. The van der Waals surface area contributed by atoms with Crippen LogP contribution < -0.4 is 16.4 Å². The summed E-state index contributed by atoms with van der Waals surface area (Å²) < 4.78 is 0. The molecule has 2 aliphatic rings. The number of piperazine rings is 1. The van der Waals surface area contributed by atoms with Crippen molar-refractivity contribution in [2.24, 2.45) is 0 Å². The third-order valence-electron chi connectivity index (χ3n) is 4.03. The van der Waals surface area contributed by atoms with E-state index in [1.54, 1.807) is 0 Å². The number of nitrogens with two attached hydrogens (primary N) is 2. The van der Waals surface area contributed by atoms with Crippen molar-refractivity contribution in [2.75, 3.05) is 36.5 Å². The van der Waals surface area contributed by atoms with Gasteiger partial charge in [0.1, 0.15) is 0 Å². The van der Waals surface area contributed by atoms with Crippen LogP contribution in [0.2, 0.25) is 0 Å². The van der Waals surface area contributed by atoms with Crippen molar-refractivity contribution in [3.8, 4) is 0 Å². The molecule has 1 aromatic rings. The van der Waals surface area contributed by atoms with Crippen molar-refractivity contribution in [1.29, 1.82) is 0 Å². The van der Waals surface area contributed by atoms with Crippen LogP contribution in [0.3, 0.4) is 0 Å². The zero-order valence-corrected chi connectivity index (χ0v) is 10.3. The van der Waals surface area contributed by atoms with E-state index in [0.29, 0.717) is 23.5 Å². The molecule has 2 aliphatic heterocycles. The average molecular weight is 232 g/mol. The molecule has 2 heterocycles. The van der Waals surface area contributed by atoms with Crippen molar-refractivity contribution in [3.05, 3.63) is 18.2 Å². The second-order valence-corrected chi connectivity index (χ2v) is 5.33. The maximum atomic E-state index is 5.90. The predicted octanol–water partition coefficient (Wildman–Crippen LogP) is 1.13. The van der Waals surface area contributed by atoms with Gasteiger partial charge in [0.2, 0.25) is 0 Å². The number of fused-ring (bicyclic) bond motifs is 2. The predicted molar refractivity (Wildman–Crippen MR) is 72.1 cm³/mol. The summed E-state index contributed by atoms with van der Waals surface area (Å²) in [5, 5.41) is 0. The third-order valence-corrected chi connectivity index (χ3v) is 4.03. The van der Waals surface area contributed by atoms with E-state index >= 15 is 0 Å². The minimum atomic E-state index is 0.641. The molecule has 2 saturated heterocycles. The first-order chi connectivity index (χ1) is 8.15. The second kappa shape index (κ2) is 3.81. The number of benzene rings is 1. The molecule has 92 valence electrons. The molecule has 17 heavy (non-hydrogen) atoms. The van der Waals surface area contributed by atoms with Crippen LogP contribution in [0.25, 0.3) is 0 Å². The molecule has 0 aliphatic carbocycles. The molecular weight excluding hydrogens is 212 g/mol. The Morgan fingerprint density at radius 1 is 1.06 bits per heavy atom. The number of anilines is 3. The van der Waals surface area contributed by atoms with E-state index in [1.165, 1.54) is 18.5 Å². The molecule has 2 unspecified atom stereocenters. The number of likely N-dealkylation sites (N-methyl/N-ethyl adjacent to an activating group) is 1. The zero-order valence-electron chi connectivity index (χ0n) is 10.3. The molecule has 0 spiro atoms.